The second kappa shape index (κ2) is 23.3. The van der Waals surface area contributed by atoms with Gasteiger partial charge >= 0.3 is 12.4 Å². The number of alkyl halides is 6. The van der Waals surface area contributed by atoms with E-state index < -0.39 is 53.2 Å². The SMILES string of the molecule is COc1ccc(N(CCc2ccc(C(F)(F)F)cc2)C(=O)C(N)c2ccccc2OC)cc1Cl.COc1ccc(N(CCc2ccc(C(F)(F)F)cc2)C(=O)C(N)c2ccccc2OC)cc1F. The van der Waals surface area contributed by atoms with E-state index in [0.29, 0.717) is 56.6 Å². The summed E-state index contributed by atoms with van der Waals surface area (Å²) in [6.45, 7) is 0.217. The van der Waals surface area contributed by atoms with Gasteiger partial charge in [-0.05, 0) is 90.7 Å². The van der Waals surface area contributed by atoms with Crippen molar-refractivity contribution in [3.8, 4) is 23.0 Å². The maximum Gasteiger partial charge on any atom is 0.416 e. The summed E-state index contributed by atoms with van der Waals surface area (Å²) in [5.74, 6) is -0.273. The van der Waals surface area contributed by atoms with E-state index in [1.54, 1.807) is 66.7 Å². The van der Waals surface area contributed by atoms with Gasteiger partial charge in [0, 0.05) is 41.7 Å². The molecule has 4 N–H and O–H groups in total. The molecule has 10 nitrogen and oxygen atoms in total. The minimum Gasteiger partial charge on any atom is -0.496 e. The standard InChI is InChI=1S/C25H24ClF3N2O3.C25H24F4N2O3/c2*1-33-21-6-4-3-5-19(21)23(30)24(32)31(18-11-12-22(34-2)20(26)15-18)14-13-16-7-9-17(10-8-16)25(27,28)29/h2*3-12,15,23H,13-14,30H2,1-2H3. The van der Waals surface area contributed by atoms with Crippen LogP contribution in [0.15, 0.2) is 133 Å². The van der Waals surface area contributed by atoms with Crippen molar-refractivity contribution >= 4 is 34.8 Å². The number of carbonyl (C=O) groups is 2. The largest absolute Gasteiger partial charge is 0.496 e. The van der Waals surface area contributed by atoms with Crippen molar-refractivity contribution < 1.29 is 59.3 Å². The molecule has 6 rings (SSSR count). The van der Waals surface area contributed by atoms with Crippen molar-refractivity contribution in [1.82, 2.24) is 0 Å². The number of carbonyl (C=O) groups excluding carboxylic acids is 2. The van der Waals surface area contributed by atoms with Crippen LogP contribution in [0, 0.1) is 5.82 Å². The zero-order valence-electron chi connectivity index (χ0n) is 37.2. The van der Waals surface area contributed by atoms with Crippen molar-refractivity contribution in [1.29, 1.82) is 0 Å². The smallest absolute Gasteiger partial charge is 0.416 e. The minimum absolute atomic E-state index is 0.00733. The second-order valence-electron chi connectivity index (χ2n) is 14.9. The molecule has 68 heavy (non-hydrogen) atoms. The molecule has 0 bridgehead atoms. The Morgan fingerprint density at radius 3 is 1.25 bits per heavy atom. The Hall–Kier alpha value is -6.82. The number of halogens is 8. The molecule has 0 fully saturated rings. The highest BCUT2D eigenvalue weighted by Gasteiger charge is 2.32. The molecular weight excluding hydrogens is 921 g/mol. The van der Waals surface area contributed by atoms with E-state index in [1.165, 1.54) is 74.6 Å². The van der Waals surface area contributed by atoms with E-state index in [2.05, 4.69) is 0 Å². The van der Waals surface area contributed by atoms with Crippen LogP contribution in [0.25, 0.3) is 0 Å². The number of amides is 2. The number of hydrogen-bond donors (Lipinski definition) is 2. The van der Waals surface area contributed by atoms with Gasteiger partial charge in [-0.3, -0.25) is 9.59 Å². The van der Waals surface area contributed by atoms with Gasteiger partial charge in [-0.15, -0.1) is 0 Å². The maximum absolute atomic E-state index is 14.4. The Labute approximate surface area is 393 Å². The summed E-state index contributed by atoms with van der Waals surface area (Å²) >= 11 is 6.28. The number of benzene rings is 6. The van der Waals surface area contributed by atoms with E-state index in [-0.39, 0.29) is 30.9 Å². The molecular formula is C50H48ClF7N4O6. The van der Waals surface area contributed by atoms with Crippen molar-refractivity contribution in [3.05, 3.63) is 178 Å². The number of rotatable bonds is 16. The summed E-state index contributed by atoms with van der Waals surface area (Å²) in [6.07, 6.45) is -8.34. The summed E-state index contributed by atoms with van der Waals surface area (Å²) in [6, 6.07) is 30.0. The highest BCUT2D eigenvalue weighted by molar-refractivity contribution is 6.32. The van der Waals surface area contributed by atoms with Gasteiger partial charge in [-0.2, -0.15) is 26.3 Å². The molecule has 0 aliphatic heterocycles. The van der Waals surface area contributed by atoms with Gasteiger partial charge in [0.1, 0.15) is 29.3 Å². The Kier molecular flexibility index (Phi) is 17.8. The maximum atomic E-state index is 14.4. The Balaban J connectivity index is 0.000000254. The first kappa shape index (κ1) is 52.2. The first-order chi connectivity index (χ1) is 32.3. The molecule has 0 spiro atoms. The molecule has 0 radical (unpaired) electrons. The third-order valence-corrected chi connectivity index (χ3v) is 11.0. The lowest BCUT2D eigenvalue weighted by molar-refractivity contribution is -0.138. The molecule has 6 aromatic carbocycles. The van der Waals surface area contributed by atoms with Crippen LogP contribution in [-0.2, 0) is 34.8 Å². The number of para-hydroxylation sites is 2. The summed E-state index contributed by atoms with van der Waals surface area (Å²) in [5.41, 5.74) is 14.0. The summed E-state index contributed by atoms with van der Waals surface area (Å²) in [4.78, 5) is 29.7. The molecule has 360 valence electrons. The van der Waals surface area contributed by atoms with E-state index in [0.717, 1.165) is 30.3 Å². The van der Waals surface area contributed by atoms with Crippen molar-refractivity contribution in [2.45, 2.75) is 37.3 Å². The molecule has 0 saturated heterocycles. The fraction of sp³-hybridized carbons (Fsp3) is 0.240. The number of anilines is 2. The number of methoxy groups -OCH3 is 4. The van der Waals surface area contributed by atoms with Crippen LogP contribution < -0.4 is 40.2 Å². The second-order valence-corrected chi connectivity index (χ2v) is 15.4. The van der Waals surface area contributed by atoms with Crippen molar-refractivity contribution in [2.24, 2.45) is 11.5 Å². The third-order valence-electron chi connectivity index (χ3n) is 10.7. The van der Waals surface area contributed by atoms with E-state index in [1.807, 2.05) is 0 Å². The van der Waals surface area contributed by atoms with E-state index >= 15 is 0 Å². The van der Waals surface area contributed by atoms with Crippen molar-refractivity contribution in [3.63, 3.8) is 0 Å². The molecule has 0 aromatic heterocycles. The normalized spacial score (nSPS) is 12.2. The Morgan fingerprint density at radius 2 is 0.897 bits per heavy atom. The van der Waals surface area contributed by atoms with Crippen LogP contribution in [0.5, 0.6) is 23.0 Å². The Morgan fingerprint density at radius 1 is 0.529 bits per heavy atom. The highest BCUT2D eigenvalue weighted by atomic mass is 35.5. The van der Waals surface area contributed by atoms with Crippen molar-refractivity contribution in [2.75, 3.05) is 51.3 Å². The summed E-state index contributed by atoms with van der Waals surface area (Å²) in [5, 5.41) is 0.304. The number of ether oxygens (including phenoxy) is 4. The van der Waals surface area contributed by atoms with Gasteiger partial charge in [0.15, 0.2) is 11.6 Å². The van der Waals surface area contributed by atoms with E-state index in [4.69, 9.17) is 42.0 Å². The highest BCUT2D eigenvalue weighted by Crippen LogP contribution is 2.34. The number of hydrogen-bond acceptors (Lipinski definition) is 8. The zero-order valence-corrected chi connectivity index (χ0v) is 38.0. The third kappa shape index (κ3) is 13.2. The lowest BCUT2D eigenvalue weighted by Crippen LogP contribution is -2.40. The molecule has 0 aliphatic carbocycles. The predicted molar refractivity (Wildman–Crippen MR) is 246 cm³/mol. The number of nitrogens with zero attached hydrogens (tertiary/aromatic N) is 2. The Bertz CT molecular complexity index is 2450. The summed E-state index contributed by atoms with van der Waals surface area (Å²) < 4.78 is 112. The molecule has 2 unspecified atom stereocenters. The average Bonchev–Trinajstić information content (AvgIpc) is 3.33. The molecule has 18 heteroatoms. The molecule has 0 aliphatic rings. The first-order valence-electron chi connectivity index (χ1n) is 20.7. The van der Waals surface area contributed by atoms with Crippen LogP contribution in [0.4, 0.5) is 42.1 Å². The van der Waals surface area contributed by atoms with Gasteiger partial charge in [-0.25, -0.2) is 4.39 Å². The van der Waals surface area contributed by atoms with Gasteiger partial charge in [0.25, 0.3) is 0 Å². The van der Waals surface area contributed by atoms with Crippen LogP contribution in [0.3, 0.4) is 0 Å². The van der Waals surface area contributed by atoms with Crippen LogP contribution in [0.2, 0.25) is 5.02 Å². The molecule has 0 heterocycles. The van der Waals surface area contributed by atoms with Crippen LogP contribution in [-0.4, -0.2) is 53.3 Å². The minimum atomic E-state index is -4.44. The first-order valence-corrected chi connectivity index (χ1v) is 21.1. The molecule has 0 saturated carbocycles. The number of nitrogens with two attached hydrogens (primary N) is 2. The summed E-state index contributed by atoms with van der Waals surface area (Å²) in [7, 11) is 5.74. The fourth-order valence-corrected chi connectivity index (χ4v) is 7.28. The van der Waals surface area contributed by atoms with Crippen LogP contribution >= 0.6 is 11.6 Å². The topological polar surface area (TPSA) is 130 Å². The van der Waals surface area contributed by atoms with Gasteiger partial charge in [0.05, 0.1) is 44.6 Å². The zero-order chi connectivity index (χ0) is 49.8. The lowest BCUT2D eigenvalue weighted by Gasteiger charge is -2.27. The monoisotopic (exact) mass is 968 g/mol. The van der Waals surface area contributed by atoms with Crippen LogP contribution in [0.1, 0.15) is 45.5 Å². The molecule has 2 amide bonds. The molecule has 6 aromatic rings. The van der Waals surface area contributed by atoms with Gasteiger partial charge < -0.3 is 40.2 Å². The fourth-order valence-electron chi connectivity index (χ4n) is 7.03. The van der Waals surface area contributed by atoms with Gasteiger partial charge in [-0.1, -0.05) is 72.3 Å². The van der Waals surface area contributed by atoms with Gasteiger partial charge in [0.2, 0.25) is 11.8 Å². The lowest BCUT2D eigenvalue weighted by atomic mass is 10.0. The quantitative estimate of drug-likeness (QED) is 0.0918. The average molecular weight is 969 g/mol. The predicted octanol–water partition coefficient (Wildman–Crippen LogP) is 10.8. The molecule has 2 atom stereocenters. The van der Waals surface area contributed by atoms with E-state index in [9.17, 15) is 40.3 Å².